The molecule has 2 rings (SSSR count). The van der Waals surface area contributed by atoms with E-state index >= 15 is 0 Å². The van der Waals surface area contributed by atoms with Crippen molar-refractivity contribution in [2.24, 2.45) is 0 Å². The summed E-state index contributed by atoms with van der Waals surface area (Å²) in [4.78, 5) is 13.0. The molecule has 0 radical (unpaired) electrons. The lowest BCUT2D eigenvalue weighted by Gasteiger charge is -2.26. The number of hydrogen-bond acceptors (Lipinski definition) is 3. The number of urea groups is 1. The predicted octanol–water partition coefficient (Wildman–Crippen LogP) is 3.33. The molecular formula is C15H23ClN2O2S. The Morgan fingerprint density at radius 3 is 2.71 bits per heavy atom. The summed E-state index contributed by atoms with van der Waals surface area (Å²) in [6, 6.07) is 4.11. The SMILES string of the molecule is O=C(NCCCCc1ccc(Cl)s1)NC1CCC(O)CC1. The van der Waals surface area contributed by atoms with Gasteiger partial charge >= 0.3 is 6.03 Å². The van der Waals surface area contributed by atoms with E-state index in [4.69, 9.17) is 11.6 Å². The summed E-state index contributed by atoms with van der Waals surface area (Å²) in [7, 11) is 0. The number of carbonyl (C=O) groups excluding carboxylic acids is 1. The Labute approximate surface area is 134 Å². The minimum absolute atomic E-state index is 0.0874. The van der Waals surface area contributed by atoms with Crippen LogP contribution in [0.4, 0.5) is 4.79 Å². The first-order valence-electron chi connectivity index (χ1n) is 7.60. The number of amides is 2. The molecule has 1 aromatic rings. The maximum absolute atomic E-state index is 11.7. The highest BCUT2D eigenvalue weighted by Gasteiger charge is 2.20. The summed E-state index contributed by atoms with van der Waals surface area (Å²) in [5, 5.41) is 15.3. The summed E-state index contributed by atoms with van der Waals surface area (Å²) >= 11 is 7.50. The number of aliphatic hydroxyl groups is 1. The van der Waals surface area contributed by atoms with Crippen molar-refractivity contribution < 1.29 is 9.90 Å². The highest BCUT2D eigenvalue weighted by Crippen LogP contribution is 2.22. The van der Waals surface area contributed by atoms with E-state index in [1.54, 1.807) is 11.3 Å². The Morgan fingerprint density at radius 1 is 1.29 bits per heavy atom. The van der Waals surface area contributed by atoms with E-state index in [9.17, 15) is 9.90 Å². The summed E-state index contributed by atoms with van der Waals surface area (Å²) < 4.78 is 0.833. The van der Waals surface area contributed by atoms with E-state index in [1.165, 1.54) is 4.88 Å². The topological polar surface area (TPSA) is 61.4 Å². The van der Waals surface area contributed by atoms with Gasteiger partial charge in [-0.05, 0) is 57.1 Å². The molecule has 0 atom stereocenters. The number of halogens is 1. The minimum atomic E-state index is -0.183. The molecule has 2 amide bonds. The van der Waals surface area contributed by atoms with Gasteiger partial charge in [0.15, 0.2) is 0 Å². The van der Waals surface area contributed by atoms with E-state index < -0.39 is 0 Å². The third-order valence-corrected chi connectivity index (χ3v) is 5.09. The quantitative estimate of drug-likeness (QED) is 0.701. The van der Waals surface area contributed by atoms with Gasteiger partial charge in [0.2, 0.25) is 0 Å². The van der Waals surface area contributed by atoms with Gasteiger partial charge < -0.3 is 15.7 Å². The van der Waals surface area contributed by atoms with Crippen molar-refractivity contribution in [1.29, 1.82) is 0 Å². The summed E-state index contributed by atoms with van der Waals surface area (Å²) in [5.74, 6) is 0. The molecular weight excluding hydrogens is 308 g/mol. The molecule has 0 saturated heterocycles. The number of aryl methyl sites for hydroxylation is 1. The Balaban J connectivity index is 1.51. The number of carbonyl (C=O) groups is 1. The molecule has 1 aliphatic carbocycles. The van der Waals surface area contributed by atoms with Gasteiger partial charge in [0.25, 0.3) is 0 Å². The maximum atomic E-state index is 11.7. The van der Waals surface area contributed by atoms with Crippen LogP contribution in [0.2, 0.25) is 4.34 Å². The van der Waals surface area contributed by atoms with E-state index in [-0.39, 0.29) is 18.2 Å². The third-order valence-electron chi connectivity index (χ3n) is 3.80. The van der Waals surface area contributed by atoms with Gasteiger partial charge in [-0.25, -0.2) is 4.79 Å². The van der Waals surface area contributed by atoms with Crippen molar-refractivity contribution >= 4 is 29.0 Å². The normalized spacial score (nSPS) is 22.0. The van der Waals surface area contributed by atoms with Gasteiger partial charge in [0.1, 0.15) is 0 Å². The molecule has 1 heterocycles. The van der Waals surface area contributed by atoms with Crippen molar-refractivity contribution in [1.82, 2.24) is 10.6 Å². The maximum Gasteiger partial charge on any atom is 0.315 e. The number of hydrogen-bond donors (Lipinski definition) is 3. The van der Waals surface area contributed by atoms with Crippen LogP contribution < -0.4 is 10.6 Å². The first kappa shape index (κ1) is 16.6. The Morgan fingerprint density at radius 2 is 2.05 bits per heavy atom. The summed E-state index contributed by atoms with van der Waals surface area (Å²) in [6.45, 7) is 0.695. The van der Waals surface area contributed by atoms with E-state index in [0.29, 0.717) is 6.54 Å². The molecule has 1 saturated carbocycles. The Hall–Kier alpha value is -0.780. The number of unbranched alkanes of at least 4 members (excludes halogenated alkanes) is 1. The zero-order chi connectivity index (χ0) is 15.1. The number of aliphatic hydroxyl groups excluding tert-OH is 1. The molecule has 21 heavy (non-hydrogen) atoms. The summed E-state index contributed by atoms with van der Waals surface area (Å²) in [5.41, 5.74) is 0. The molecule has 1 aromatic heterocycles. The fraction of sp³-hybridized carbons (Fsp3) is 0.667. The van der Waals surface area contributed by atoms with Crippen molar-refractivity contribution in [3.8, 4) is 0 Å². The zero-order valence-electron chi connectivity index (χ0n) is 12.1. The van der Waals surface area contributed by atoms with Gasteiger partial charge in [-0.15, -0.1) is 11.3 Å². The lowest BCUT2D eigenvalue weighted by atomic mass is 9.93. The first-order valence-corrected chi connectivity index (χ1v) is 8.79. The third kappa shape index (κ3) is 6.24. The van der Waals surface area contributed by atoms with E-state index in [1.807, 2.05) is 6.07 Å². The molecule has 0 bridgehead atoms. The average Bonchev–Trinajstić information content (AvgIpc) is 2.87. The molecule has 0 aliphatic heterocycles. The number of rotatable bonds is 6. The van der Waals surface area contributed by atoms with E-state index in [0.717, 1.165) is 49.3 Å². The molecule has 6 heteroatoms. The lowest BCUT2D eigenvalue weighted by Crippen LogP contribution is -2.44. The minimum Gasteiger partial charge on any atom is -0.393 e. The highest BCUT2D eigenvalue weighted by atomic mass is 35.5. The Kier molecular flexibility index (Phi) is 6.80. The van der Waals surface area contributed by atoms with Gasteiger partial charge in [0, 0.05) is 17.5 Å². The van der Waals surface area contributed by atoms with Crippen LogP contribution in [0.5, 0.6) is 0 Å². The molecule has 3 N–H and O–H groups in total. The highest BCUT2D eigenvalue weighted by molar-refractivity contribution is 7.16. The standard InChI is InChI=1S/C15H23ClN2O2S/c16-14-9-8-13(21-14)3-1-2-10-17-15(20)18-11-4-6-12(19)7-5-11/h8-9,11-12,19H,1-7,10H2,(H2,17,18,20). The number of thiophene rings is 1. The second-order valence-electron chi connectivity index (χ2n) is 5.57. The molecule has 1 fully saturated rings. The molecule has 4 nitrogen and oxygen atoms in total. The lowest BCUT2D eigenvalue weighted by molar-refractivity contribution is 0.117. The van der Waals surface area contributed by atoms with Crippen LogP contribution in [0, 0.1) is 0 Å². The first-order chi connectivity index (χ1) is 10.1. The molecule has 0 spiro atoms. The van der Waals surface area contributed by atoms with Crippen molar-refractivity contribution in [2.45, 2.75) is 57.1 Å². The fourth-order valence-corrected chi connectivity index (χ4v) is 3.70. The molecule has 0 unspecified atom stereocenters. The van der Waals surface area contributed by atoms with Gasteiger partial charge in [-0.1, -0.05) is 11.6 Å². The van der Waals surface area contributed by atoms with Crippen molar-refractivity contribution in [3.05, 3.63) is 21.3 Å². The van der Waals surface area contributed by atoms with Crippen LogP contribution in [-0.4, -0.2) is 29.8 Å². The molecule has 118 valence electrons. The van der Waals surface area contributed by atoms with Crippen LogP contribution in [0.25, 0.3) is 0 Å². The van der Waals surface area contributed by atoms with Gasteiger partial charge in [-0.2, -0.15) is 0 Å². The molecule has 0 aromatic carbocycles. The van der Waals surface area contributed by atoms with Gasteiger partial charge in [-0.3, -0.25) is 0 Å². The largest absolute Gasteiger partial charge is 0.393 e. The second-order valence-corrected chi connectivity index (χ2v) is 7.37. The number of nitrogens with one attached hydrogen (secondary N) is 2. The van der Waals surface area contributed by atoms with Crippen LogP contribution >= 0.6 is 22.9 Å². The smallest absolute Gasteiger partial charge is 0.315 e. The van der Waals surface area contributed by atoms with Crippen LogP contribution in [0.15, 0.2) is 12.1 Å². The average molecular weight is 331 g/mol. The van der Waals surface area contributed by atoms with Crippen molar-refractivity contribution in [2.75, 3.05) is 6.54 Å². The van der Waals surface area contributed by atoms with E-state index in [2.05, 4.69) is 16.7 Å². The second kappa shape index (κ2) is 8.61. The fourth-order valence-electron chi connectivity index (χ4n) is 2.57. The predicted molar refractivity (Wildman–Crippen MR) is 87.1 cm³/mol. The van der Waals surface area contributed by atoms with Crippen LogP contribution in [0.3, 0.4) is 0 Å². The zero-order valence-corrected chi connectivity index (χ0v) is 13.7. The monoisotopic (exact) mass is 330 g/mol. The molecule has 1 aliphatic rings. The Bertz CT molecular complexity index is 445. The van der Waals surface area contributed by atoms with Crippen LogP contribution in [0.1, 0.15) is 43.4 Å². The summed E-state index contributed by atoms with van der Waals surface area (Å²) in [6.07, 6.45) is 6.15. The van der Waals surface area contributed by atoms with Crippen LogP contribution in [-0.2, 0) is 6.42 Å². The van der Waals surface area contributed by atoms with Crippen molar-refractivity contribution in [3.63, 3.8) is 0 Å². The van der Waals surface area contributed by atoms with Gasteiger partial charge in [0.05, 0.1) is 10.4 Å².